The van der Waals surface area contributed by atoms with Gasteiger partial charge in [0.05, 0.1) is 17.6 Å². The maximum absolute atomic E-state index is 12.2. The van der Waals surface area contributed by atoms with Gasteiger partial charge in [-0.1, -0.05) is 0 Å². The molecule has 0 saturated carbocycles. The molecule has 1 aliphatic rings. The van der Waals surface area contributed by atoms with Crippen molar-refractivity contribution in [1.82, 2.24) is 4.90 Å². The second-order valence-corrected chi connectivity index (χ2v) is 7.68. The molecule has 1 amide bonds. The van der Waals surface area contributed by atoms with Crippen LogP contribution < -0.4 is 0 Å². The van der Waals surface area contributed by atoms with Gasteiger partial charge in [0, 0.05) is 13.1 Å². The zero-order valence-corrected chi connectivity index (χ0v) is 13.8. The van der Waals surface area contributed by atoms with Crippen LogP contribution in [0.1, 0.15) is 23.9 Å². The van der Waals surface area contributed by atoms with Crippen molar-refractivity contribution in [3.05, 3.63) is 28.0 Å². The topological polar surface area (TPSA) is 137 Å². The molecule has 24 heavy (non-hydrogen) atoms. The van der Waals surface area contributed by atoms with Crippen molar-refractivity contribution < 1.29 is 32.1 Å². The van der Waals surface area contributed by atoms with Gasteiger partial charge >= 0.3 is 11.9 Å². The first-order chi connectivity index (χ1) is 11.1. The van der Waals surface area contributed by atoms with Gasteiger partial charge < -0.3 is 14.1 Å². The average molecular weight is 360 g/mol. The third-order valence-electron chi connectivity index (χ3n) is 3.71. The third-order valence-corrected chi connectivity index (χ3v) is 5.46. The Labute approximate surface area is 137 Å². The minimum Gasteiger partial charge on any atom is -0.447 e. The van der Waals surface area contributed by atoms with Gasteiger partial charge in [-0.3, -0.25) is 14.9 Å². The average Bonchev–Trinajstić information content (AvgIpc) is 3.12. The number of carbonyl (C=O) groups excluding carboxylic acids is 2. The predicted molar refractivity (Wildman–Crippen MR) is 80.1 cm³/mol. The van der Waals surface area contributed by atoms with Gasteiger partial charge in [-0.25, -0.2) is 13.2 Å². The van der Waals surface area contributed by atoms with Gasteiger partial charge in [0.25, 0.3) is 5.91 Å². The number of ether oxygens (including phenoxy) is 1. The Kier molecular flexibility index (Phi) is 4.92. The number of nitro groups is 1. The predicted octanol–water partition coefficient (Wildman–Crippen LogP) is 0.379. The number of carbonyl (C=O) groups is 2. The molecular weight excluding hydrogens is 344 g/mol. The highest BCUT2D eigenvalue weighted by molar-refractivity contribution is 7.91. The van der Waals surface area contributed by atoms with E-state index in [2.05, 4.69) is 0 Å². The van der Waals surface area contributed by atoms with Crippen LogP contribution in [0.4, 0.5) is 5.88 Å². The number of hydrogen-bond donors (Lipinski definition) is 0. The van der Waals surface area contributed by atoms with Gasteiger partial charge in [-0.05, 0) is 19.4 Å². The number of hydrogen-bond acceptors (Lipinski definition) is 8. The fraction of sp³-hybridized carbons (Fsp3) is 0.538. The fourth-order valence-electron chi connectivity index (χ4n) is 2.35. The summed E-state index contributed by atoms with van der Waals surface area (Å²) >= 11 is 0. The number of rotatable bonds is 5. The van der Waals surface area contributed by atoms with Crippen molar-refractivity contribution in [1.29, 1.82) is 0 Å². The Morgan fingerprint density at radius 2 is 2.12 bits per heavy atom. The number of likely N-dealkylation sites (N-methyl/N-ethyl adjacent to an activating group) is 1. The highest BCUT2D eigenvalue weighted by Gasteiger charge is 2.35. The van der Waals surface area contributed by atoms with Crippen LogP contribution >= 0.6 is 0 Å². The van der Waals surface area contributed by atoms with E-state index in [4.69, 9.17) is 9.15 Å². The van der Waals surface area contributed by atoms with Crippen LogP contribution in [0, 0.1) is 10.1 Å². The number of nitrogens with zero attached hydrogens (tertiary/aromatic N) is 2. The molecule has 1 aliphatic heterocycles. The smallest absolute Gasteiger partial charge is 0.433 e. The summed E-state index contributed by atoms with van der Waals surface area (Å²) in [6.45, 7) is 1.33. The van der Waals surface area contributed by atoms with E-state index in [1.807, 2.05) is 0 Å². The molecule has 1 aromatic rings. The van der Waals surface area contributed by atoms with E-state index in [1.165, 1.54) is 18.9 Å². The monoisotopic (exact) mass is 360 g/mol. The summed E-state index contributed by atoms with van der Waals surface area (Å²) in [7, 11) is -1.71. The summed E-state index contributed by atoms with van der Waals surface area (Å²) in [5.41, 5.74) is 0. The van der Waals surface area contributed by atoms with E-state index in [9.17, 15) is 28.1 Å². The Morgan fingerprint density at radius 1 is 1.46 bits per heavy atom. The van der Waals surface area contributed by atoms with Crippen molar-refractivity contribution in [2.24, 2.45) is 0 Å². The first-order valence-electron chi connectivity index (χ1n) is 7.03. The van der Waals surface area contributed by atoms with Crippen molar-refractivity contribution in [3.63, 3.8) is 0 Å². The second-order valence-electron chi connectivity index (χ2n) is 5.45. The lowest BCUT2D eigenvalue weighted by atomic mass is 10.2. The Hall–Kier alpha value is -2.43. The van der Waals surface area contributed by atoms with E-state index >= 15 is 0 Å². The van der Waals surface area contributed by atoms with E-state index < -0.39 is 50.4 Å². The third kappa shape index (κ3) is 3.91. The molecule has 0 bridgehead atoms. The molecule has 2 heterocycles. The van der Waals surface area contributed by atoms with Crippen LogP contribution in [0.5, 0.6) is 0 Å². The minimum absolute atomic E-state index is 0.0134. The molecule has 10 nitrogen and oxygen atoms in total. The van der Waals surface area contributed by atoms with Gasteiger partial charge in [0.15, 0.2) is 15.9 Å². The van der Waals surface area contributed by atoms with Crippen molar-refractivity contribution in [2.45, 2.75) is 25.5 Å². The summed E-state index contributed by atoms with van der Waals surface area (Å²) < 4.78 is 32.6. The summed E-state index contributed by atoms with van der Waals surface area (Å²) in [6, 6.07) is 1.61. The molecule has 2 atom stereocenters. The molecule has 0 aromatic carbocycles. The van der Waals surface area contributed by atoms with Crippen LogP contribution in [0.3, 0.4) is 0 Å². The highest BCUT2D eigenvalue weighted by atomic mass is 32.2. The van der Waals surface area contributed by atoms with E-state index in [0.717, 1.165) is 12.1 Å². The van der Waals surface area contributed by atoms with Crippen molar-refractivity contribution in [2.75, 3.05) is 18.6 Å². The molecule has 1 fully saturated rings. The SMILES string of the molecule is CC(OC(=O)c1ccc([N+](=O)[O-])o1)C(=O)N(C)C1CCS(=O)(=O)C1. The van der Waals surface area contributed by atoms with Crippen LogP contribution in [-0.2, 0) is 19.4 Å². The molecule has 2 unspecified atom stereocenters. The van der Waals surface area contributed by atoms with Gasteiger partial charge in [-0.15, -0.1) is 0 Å². The van der Waals surface area contributed by atoms with Crippen LogP contribution in [0.2, 0.25) is 0 Å². The number of amides is 1. The zero-order valence-electron chi connectivity index (χ0n) is 13.0. The van der Waals surface area contributed by atoms with E-state index in [0.29, 0.717) is 6.42 Å². The lowest BCUT2D eigenvalue weighted by molar-refractivity contribution is -0.402. The molecule has 132 valence electrons. The highest BCUT2D eigenvalue weighted by Crippen LogP contribution is 2.19. The summed E-state index contributed by atoms with van der Waals surface area (Å²) in [4.78, 5) is 35.0. The Bertz CT molecular complexity index is 769. The van der Waals surface area contributed by atoms with Crippen LogP contribution in [-0.4, -0.2) is 60.8 Å². The van der Waals surface area contributed by atoms with Gasteiger partial charge in [0.2, 0.25) is 5.76 Å². The largest absolute Gasteiger partial charge is 0.447 e. The summed E-state index contributed by atoms with van der Waals surface area (Å²) in [5, 5.41) is 10.5. The van der Waals surface area contributed by atoms with Gasteiger partial charge in [0.1, 0.15) is 4.92 Å². The Morgan fingerprint density at radius 3 is 2.62 bits per heavy atom. The second kappa shape index (κ2) is 6.59. The first kappa shape index (κ1) is 17.9. The lowest BCUT2D eigenvalue weighted by Crippen LogP contribution is -2.44. The molecule has 11 heteroatoms. The molecule has 0 N–H and O–H groups in total. The van der Waals surface area contributed by atoms with Crippen LogP contribution in [0.25, 0.3) is 0 Å². The first-order valence-corrected chi connectivity index (χ1v) is 8.85. The van der Waals surface area contributed by atoms with E-state index in [1.54, 1.807) is 0 Å². The maximum atomic E-state index is 12.2. The lowest BCUT2D eigenvalue weighted by Gasteiger charge is -2.26. The molecule has 0 spiro atoms. The quantitative estimate of drug-likeness (QED) is 0.417. The fourth-order valence-corrected chi connectivity index (χ4v) is 4.13. The molecular formula is C13H16N2O8S. The Balaban J connectivity index is 1.97. The van der Waals surface area contributed by atoms with Crippen LogP contribution in [0.15, 0.2) is 16.5 Å². The molecule has 1 saturated heterocycles. The van der Waals surface area contributed by atoms with Crippen molar-refractivity contribution >= 4 is 27.6 Å². The summed E-state index contributed by atoms with van der Waals surface area (Å²) in [6.07, 6.45) is -0.856. The zero-order chi connectivity index (χ0) is 18.1. The molecule has 2 rings (SSSR count). The molecule has 1 aromatic heterocycles. The molecule has 0 radical (unpaired) electrons. The standard InChI is InChI=1S/C13H16N2O8S/c1-8(12(16)14(2)9-5-6-24(20,21)7-9)22-13(17)10-3-4-11(23-10)15(18)19/h3-4,8-9H,5-7H2,1-2H3. The molecule has 0 aliphatic carbocycles. The normalized spacial score (nSPS) is 20.3. The maximum Gasteiger partial charge on any atom is 0.433 e. The number of sulfone groups is 1. The van der Waals surface area contributed by atoms with E-state index in [-0.39, 0.29) is 11.5 Å². The van der Waals surface area contributed by atoms with Gasteiger partial charge in [-0.2, -0.15) is 0 Å². The number of esters is 1. The van der Waals surface area contributed by atoms with Crippen molar-refractivity contribution in [3.8, 4) is 0 Å². The minimum atomic E-state index is -3.15. The number of furan rings is 1. The summed E-state index contributed by atoms with van der Waals surface area (Å²) in [5.74, 6) is -2.70.